The van der Waals surface area contributed by atoms with Gasteiger partial charge in [-0.1, -0.05) is 13.3 Å². The molecule has 96 valence electrons. The maximum atomic E-state index is 12.2. The fourth-order valence-electron chi connectivity index (χ4n) is 1.46. The van der Waals surface area contributed by atoms with Crippen LogP contribution in [0.2, 0.25) is 0 Å². The molecule has 1 aromatic heterocycles. The molecule has 0 fully saturated rings. The molecule has 7 heteroatoms. The van der Waals surface area contributed by atoms with Gasteiger partial charge in [0.15, 0.2) is 0 Å². The minimum atomic E-state index is -3.52. The van der Waals surface area contributed by atoms with E-state index in [0.717, 1.165) is 12.8 Å². The molecule has 2 N–H and O–H groups in total. The van der Waals surface area contributed by atoms with Crippen LogP contribution in [0.25, 0.3) is 0 Å². The fraction of sp³-hybridized carbons (Fsp3) is 0.600. The lowest BCUT2D eigenvalue weighted by Crippen LogP contribution is -2.35. The molecule has 0 saturated heterocycles. The van der Waals surface area contributed by atoms with Gasteiger partial charge in [0.1, 0.15) is 4.90 Å². The van der Waals surface area contributed by atoms with Crippen molar-refractivity contribution in [1.82, 2.24) is 14.3 Å². The van der Waals surface area contributed by atoms with Crippen molar-refractivity contribution in [2.45, 2.75) is 37.6 Å². The van der Waals surface area contributed by atoms with E-state index >= 15 is 0 Å². The molecule has 1 atom stereocenters. The number of sulfonamides is 1. The van der Waals surface area contributed by atoms with Crippen LogP contribution in [-0.4, -0.2) is 35.8 Å². The Morgan fingerprint density at radius 3 is 2.41 bits per heavy atom. The summed E-state index contributed by atoms with van der Waals surface area (Å²) in [6.07, 6.45) is 4.20. The van der Waals surface area contributed by atoms with Gasteiger partial charge in [0, 0.05) is 13.1 Å². The second-order valence-electron chi connectivity index (χ2n) is 3.94. The summed E-state index contributed by atoms with van der Waals surface area (Å²) in [7, 11) is -1.96. The van der Waals surface area contributed by atoms with Gasteiger partial charge >= 0.3 is 0 Å². The Bertz CT molecular complexity index is 458. The van der Waals surface area contributed by atoms with Crippen LogP contribution in [0, 0.1) is 0 Å². The summed E-state index contributed by atoms with van der Waals surface area (Å²) in [6, 6.07) is -0.0532. The molecule has 0 amide bonds. The van der Waals surface area contributed by atoms with Gasteiger partial charge < -0.3 is 5.73 Å². The Morgan fingerprint density at radius 1 is 1.41 bits per heavy atom. The van der Waals surface area contributed by atoms with Crippen LogP contribution in [0.4, 0.5) is 5.95 Å². The van der Waals surface area contributed by atoms with Crippen LogP contribution in [-0.2, 0) is 10.0 Å². The maximum absolute atomic E-state index is 12.2. The number of hydrogen-bond donors (Lipinski definition) is 1. The predicted octanol–water partition coefficient (Wildman–Crippen LogP) is 0.868. The molecule has 0 radical (unpaired) electrons. The number of nitrogens with zero attached hydrogens (tertiary/aromatic N) is 3. The molecule has 0 saturated carbocycles. The zero-order valence-electron chi connectivity index (χ0n) is 10.3. The monoisotopic (exact) mass is 258 g/mol. The van der Waals surface area contributed by atoms with Crippen molar-refractivity contribution in [2.75, 3.05) is 12.8 Å². The topological polar surface area (TPSA) is 89.2 Å². The molecule has 1 unspecified atom stereocenters. The largest absolute Gasteiger partial charge is 0.368 e. The van der Waals surface area contributed by atoms with Gasteiger partial charge in [-0.25, -0.2) is 18.4 Å². The van der Waals surface area contributed by atoms with E-state index in [4.69, 9.17) is 5.73 Å². The normalized spacial score (nSPS) is 13.9. The molecular weight excluding hydrogens is 240 g/mol. The third-order valence-electron chi connectivity index (χ3n) is 2.65. The molecule has 0 aliphatic rings. The van der Waals surface area contributed by atoms with Gasteiger partial charge in [-0.2, -0.15) is 4.31 Å². The molecule has 0 bridgehead atoms. The molecule has 1 heterocycles. The highest BCUT2D eigenvalue weighted by atomic mass is 32.2. The molecule has 17 heavy (non-hydrogen) atoms. The number of hydrogen-bond acceptors (Lipinski definition) is 5. The molecule has 0 aliphatic heterocycles. The highest BCUT2D eigenvalue weighted by Gasteiger charge is 2.25. The van der Waals surface area contributed by atoms with Gasteiger partial charge in [-0.3, -0.25) is 0 Å². The van der Waals surface area contributed by atoms with E-state index < -0.39 is 10.0 Å². The Balaban J connectivity index is 2.98. The number of anilines is 1. The van der Waals surface area contributed by atoms with Crippen LogP contribution in [0.15, 0.2) is 17.3 Å². The number of rotatable bonds is 5. The zero-order chi connectivity index (χ0) is 13.1. The molecule has 1 aromatic rings. The molecule has 1 rings (SSSR count). The second kappa shape index (κ2) is 5.42. The van der Waals surface area contributed by atoms with Gasteiger partial charge in [-0.05, 0) is 13.3 Å². The van der Waals surface area contributed by atoms with Crippen molar-refractivity contribution in [2.24, 2.45) is 0 Å². The Hall–Kier alpha value is -1.21. The standard InChI is InChI=1S/C10H18N4O2S/c1-4-5-8(2)14(3)17(15,16)9-6-12-10(11)13-7-9/h6-8H,4-5H2,1-3H3,(H2,11,12,13). The van der Waals surface area contributed by atoms with Crippen molar-refractivity contribution in [3.63, 3.8) is 0 Å². The predicted molar refractivity (Wildman–Crippen MR) is 65.8 cm³/mol. The lowest BCUT2D eigenvalue weighted by Gasteiger charge is -2.23. The number of nitrogens with two attached hydrogens (primary N) is 1. The first-order valence-corrected chi connectivity index (χ1v) is 6.89. The summed E-state index contributed by atoms with van der Waals surface area (Å²) in [5.41, 5.74) is 5.32. The van der Waals surface area contributed by atoms with E-state index in [2.05, 4.69) is 9.97 Å². The average molecular weight is 258 g/mol. The van der Waals surface area contributed by atoms with Gasteiger partial charge in [0.05, 0.1) is 12.4 Å². The third kappa shape index (κ3) is 3.13. The molecule has 0 spiro atoms. The van der Waals surface area contributed by atoms with Crippen LogP contribution >= 0.6 is 0 Å². The smallest absolute Gasteiger partial charge is 0.246 e. The Kier molecular flexibility index (Phi) is 4.41. The van der Waals surface area contributed by atoms with E-state index in [0.29, 0.717) is 0 Å². The molecule has 0 aromatic carbocycles. The number of nitrogen functional groups attached to an aromatic ring is 1. The summed E-state index contributed by atoms with van der Waals surface area (Å²) in [6.45, 7) is 3.89. The molecule has 0 aliphatic carbocycles. The number of aromatic nitrogens is 2. The Morgan fingerprint density at radius 2 is 1.94 bits per heavy atom. The van der Waals surface area contributed by atoms with Crippen LogP contribution in [0.3, 0.4) is 0 Å². The van der Waals surface area contributed by atoms with E-state index in [1.54, 1.807) is 7.05 Å². The van der Waals surface area contributed by atoms with Crippen LogP contribution in [0.1, 0.15) is 26.7 Å². The van der Waals surface area contributed by atoms with Crippen molar-refractivity contribution in [3.05, 3.63) is 12.4 Å². The van der Waals surface area contributed by atoms with Gasteiger partial charge in [-0.15, -0.1) is 0 Å². The van der Waals surface area contributed by atoms with Crippen molar-refractivity contribution in [1.29, 1.82) is 0 Å². The quantitative estimate of drug-likeness (QED) is 0.846. The first-order valence-electron chi connectivity index (χ1n) is 5.45. The summed E-state index contributed by atoms with van der Waals surface area (Å²) < 4.78 is 25.7. The fourth-order valence-corrected chi connectivity index (χ4v) is 2.75. The molecular formula is C10H18N4O2S. The van der Waals surface area contributed by atoms with E-state index in [1.807, 2.05) is 13.8 Å². The summed E-state index contributed by atoms with van der Waals surface area (Å²) in [5.74, 6) is 0.0632. The van der Waals surface area contributed by atoms with E-state index in [-0.39, 0.29) is 16.9 Å². The summed E-state index contributed by atoms with van der Waals surface area (Å²) in [4.78, 5) is 7.45. The highest BCUT2D eigenvalue weighted by Crippen LogP contribution is 2.17. The zero-order valence-corrected chi connectivity index (χ0v) is 11.1. The second-order valence-corrected chi connectivity index (χ2v) is 5.93. The summed E-state index contributed by atoms with van der Waals surface area (Å²) >= 11 is 0. The molecule has 6 nitrogen and oxygen atoms in total. The van der Waals surface area contributed by atoms with Gasteiger partial charge in [0.2, 0.25) is 16.0 Å². The van der Waals surface area contributed by atoms with Gasteiger partial charge in [0.25, 0.3) is 0 Å². The highest BCUT2D eigenvalue weighted by molar-refractivity contribution is 7.89. The van der Waals surface area contributed by atoms with Crippen molar-refractivity contribution in [3.8, 4) is 0 Å². The van der Waals surface area contributed by atoms with Crippen LogP contribution in [0.5, 0.6) is 0 Å². The lowest BCUT2D eigenvalue weighted by atomic mass is 10.2. The minimum absolute atomic E-state index is 0.0532. The summed E-state index contributed by atoms with van der Waals surface area (Å²) in [5, 5.41) is 0. The average Bonchev–Trinajstić information content (AvgIpc) is 2.29. The van der Waals surface area contributed by atoms with Crippen molar-refractivity contribution >= 4 is 16.0 Å². The van der Waals surface area contributed by atoms with E-state index in [1.165, 1.54) is 16.7 Å². The maximum Gasteiger partial charge on any atom is 0.246 e. The van der Waals surface area contributed by atoms with Crippen LogP contribution < -0.4 is 5.73 Å². The SMILES string of the molecule is CCCC(C)N(C)S(=O)(=O)c1cnc(N)nc1. The first kappa shape index (κ1) is 13.9. The minimum Gasteiger partial charge on any atom is -0.368 e. The first-order chi connectivity index (χ1) is 7.89. The lowest BCUT2D eigenvalue weighted by molar-refractivity contribution is 0.368. The Labute approximate surface area is 102 Å². The third-order valence-corrected chi connectivity index (χ3v) is 4.58. The van der Waals surface area contributed by atoms with E-state index in [9.17, 15) is 8.42 Å². The van der Waals surface area contributed by atoms with Crippen molar-refractivity contribution < 1.29 is 8.42 Å².